The number of aryl methyl sites for hydroxylation is 2. The van der Waals surface area contributed by atoms with Gasteiger partial charge in [0.25, 0.3) is 0 Å². The summed E-state index contributed by atoms with van der Waals surface area (Å²) in [5.74, 6) is -0.359. The Morgan fingerprint density at radius 1 is 1.15 bits per heavy atom. The monoisotopic (exact) mass is 408 g/mol. The molecule has 0 heterocycles. The average molecular weight is 409 g/mol. The molecule has 5 nitrogen and oxygen atoms in total. The number of hydrogen-bond acceptors (Lipinski definition) is 3. The minimum absolute atomic E-state index is 0.176. The molecule has 0 saturated heterocycles. The normalized spacial score (nSPS) is 12.5. The number of amides is 1. The highest BCUT2D eigenvalue weighted by molar-refractivity contribution is 7.92. The number of rotatable bonds is 7. The van der Waals surface area contributed by atoms with E-state index in [1.165, 1.54) is 0 Å². The van der Waals surface area contributed by atoms with E-state index >= 15 is 0 Å². The molecule has 2 aromatic rings. The van der Waals surface area contributed by atoms with E-state index in [0.29, 0.717) is 17.1 Å². The molecule has 0 aromatic heterocycles. The Morgan fingerprint density at radius 2 is 1.78 bits per heavy atom. The zero-order valence-electron chi connectivity index (χ0n) is 16.0. The summed E-state index contributed by atoms with van der Waals surface area (Å²) < 4.78 is 25.4. The second kappa shape index (κ2) is 8.76. The van der Waals surface area contributed by atoms with Crippen molar-refractivity contribution in [1.82, 2.24) is 5.32 Å². The Bertz CT molecular complexity index is 911. The third-order valence-electron chi connectivity index (χ3n) is 4.35. The average Bonchev–Trinajstić information content (AvgIpc) is 2.58. The van der Waals surface area contributed by atoms with Gasteiger partial charge < -0.3 is 5.32 Å². The van der Waals surface area contributed by atoms with Crippen molar-refractivity contribution in [3.05, 3.63) is 64.2 Å². The van der Waals surface area contributed by atoms with Crippen LogP contribution in [0.5, 0.6) is 0 Å². The van der Waals surface area contributed by atoms with Gasteiger partial charge in [-0.15, -0.1) is 0 Å². The van der Waals surface area contributed by atoms with E-state index in [-0.39, 0.29) is 18.5 Å². The molecule has 0 unspecified atom stereocenters. The van der Waals surface area contributed by atoms with E-state index in [2.05, 4.69) is 11.4 Å². The van der Waals surface area contributed by atoms with E-state index in [9.17, 15) is 13.2 Å². The Morgan fingerprint density at radius 3 is 2.30 bits per heavy atom. The lowest BCUT2D eigenvalue weighted by Crippen LogP contribution is -2.41. The molecule has 7 heteroatoms. The van der Waals surface area contributed by atoms with Gasteiger partial charge in [-0.25, -0.2) is 8.42 Å². The zero-order valence-corrected chi connectivity index (χ0v) is 17.6. The predicted molar refractivity (Wildman–Crippen MR) is 111 cm³/mol. The van der Waals surface area contributed by atoms with Crippen molar-refractivity contribution in [1.29, 1.82) is 0 Å². The predicted octanol–water partition coefficient (Wildman–Crippen LogP) is 3.99. The van der Waals surface area contributed by atoms with Gasteiger partial charge in [-0.05, 0) is 55.7 Å². The van der Waals surface area contributed by atoms with Crippen LogP contribution in [0.25, 0.3) is 0 Å². The number of benzene rings is 2. The first-order valence-electron chi connectivity index (χ1n) is 8.71. The van der Waals surface area contributed by atoms with Crippen LogP contribution in [0.2, 0.25) is 5.02 Å². The fourth-order valence-corrected chi connectivity index (χ4v) is 3.98. The molecule has 1 N–H and O–H groups in total. The zero-order chi connectivity index (χ0) is 20.2. The third kappa shape index (κ3) is 5.71. The summed E-state index contributed by atoms with van der Waals surface area (Å²) in [7, 11) is -3.62. The summed E-state index contributed by atoms with van der Waals surface area (Å²) >= 11 is 5.87. The fourth-order valence-electron chi connectivity index (χ4n) is 2.99. The molecule has 1 amide bonds. The lowest BCUT2D eigenvalue weighted by Gasteiger charge is -2.25. The number of carbonyl (C=O) groups excluding carboxylic acids is 1. The van der Waals surface area contributed by atoms with E-state index in [4.69, 9.17) is 11.6 Å². The van der Waals surface area contributed by atoms with E-state index < -0.39 is 10.0 Å². The van der Waals surface area contributed by atoms with Crippen LogP contribution in [-0.4, -0.2) is 27.1 Å². The van der Waals surface area contributed by atoms with Crippen LogP contribution in [0.3, 0.4) is 0 Å². The van der Waals surface area contributed by atoms with Gasteiger partial charge in [-0.1, -0.05) is 42.3 Å². The van der Waals surface area contributed by atoms with Crippen LogP contribution in [0, 0.1) is 13.8 Å². The van der Waals surface area contributed by atoms with Crippen molar-refractivity contribution in [3.8, 4) is 0 Å². The Balaban J connectivity index is 2.20. The fraction of sp³-hybridized carbons (Fsp3) is 0.350. The summed E-state index contributed by atoms with van der Waals surface area (Å²) in [6.45, 7) is 5.72. The number of halogens is 1. The molecule has 146 valence electrons. The maximum absolute atomic E-state index is 12.6. The van der Waals surface area contributed by atoms with Gasteiger partial charge in [0.15, 0.2) is 0 Å². The van der Waals surface area contributed by atoms with Crippen molar-refractivity contribution in [2.24, 2.45) is 0 Å². The van der Waals surface area contributed by atoms with Crippen molar-refractivity contribution in [2.75, 3.05) is 17.1 Å². The number of nitrogens with one attached hydrogen (secondary N) is 1. The quantitative estimate of drug-likeness (QED) is 0.753. The molecule has 0 aliphatic carbocycles. The Hall–Kier alpha value is -2.05. The Kier molecular flexibility index (Phi) is 6.89. The second-order valence-corrected chi connectivity index (χ2v) is 8.98. The summed E-state index contributed by atoms with van der Waals surface area (Å²) in [6.07, 6.45) is 1.78. The van der Waals surface area contributed by atoms with E-state index in [0.717, 1.165) is 27.3 Å². The summed E-state index contributed by atoms with van der Waals surface area (Å²) in [6, 6.07) is 12.3. The van der Waals surface area contributed by atoms with Gasteiger partial charge in [-0.3, -0.25) is 9.10 Å². The number of hydrogen-bond donors (Lipinski definition) is 1. The SMILES string of the molecule is CC[C@@H](NC(=O)CN(c1ccc(Cl)cc1)S(C)(=O)=O)c1ccc(C)cc1C. The molecular weight excluding hydrogens is 384 g/mol. The topological polar surface area (TPSA) is 66.5 Å². The number of anilines is 1. The molecule has 0 fully saturated rings. The molecule has 27 heavy (non-hydrogen) atoms. The lowest BCUT2D eigenvalue weighted by atomic mass is 9.97. The van der Waals surface area contributed by atoms with Crippen molar-refractivity contribution >= 4 is 33.2 Å². The van der Waals surface area contributed by atoms with Gasteiger partial charge in [-0.2, -0.15) is 0 Å². The van der Waals surface area contributed by atoms with Crippen LogP contribution in [0.15, 0.2) is 42.5 Å². The largest absolute Gasteiger partial charge is 0.348 e. The summed E-state index contributed by atoms with van der Waals surface area (Å²) in [5.41, 5.74) is 3.69. The van der Waals surface area contributed by atoms with Crippen molar-refractivity contribution in [3.63, 3.8) is 0 Å². The van der Waals surface area contributed by atoms with Gasteiger partial charge in [0.05, 0.1) is 18.0 Å². The number of sulfonamides is 1. The van der Waals surface area contributed by atoms with Crippen molar-refractivity contribution in [2.45, 2.75) is 33.2 Å². The highest BCUT2D eigenvalue weighted by Crippen LogP contribution is 2.23. The smallest absolute Gasteiger partial charge is 0.241 e. The van der Waals surface area contributed by atoms with Crippen LogP contribution in [-0.2, 0) is 14.8 Å². The van der Waals surface area contributed by atoms with E-state index in [1.807, 2.05) is 32.9 Å². The van der Waals surface area contributed by atoms with Crippen molar-refractivity contribution < 1.29 is 13.2 Å². The third-order valence-corrected chi connectivity index (χ3v) is 5.74. The summed E-state index contributed by atoms with van der Waals surface area (Å²) in [4.78, 5) is 12.6. The van der Waals surface area contributed by atoms with Crippen LogP contribution in [0.4, 0.5) is 5.69 Å². The van der Waals surface area contributed by atoms with Gasteiger partial charge >= 0.3 is 0 Å². The molecule has 0 radical (unpaired) electrons. The molecular formula is C20H25ClN2O3S. The highest BCUT2D eigenvalue weighted by atomic mass is 35.5. The minimum Gasteiger partial charge on any atom is -0.348 e. The van der Waals surface area contributed by atoms with Gasteiger partial charge in [0, 0.05) is 5.02 Å². The molecule has 0 bridgehead atoms. The molecule has 0 aliphatic rings. The molecule has 0 aliphatic heterocycles. The van der Waals surface area contributed by atoms with Crippen LogP contribution in [0.1, 0.15) is 36.1 Å². The number of carbonyl (C=O) groups is 1. The first-order valence-corrected chi connectivity index (χ1v) is 10.9. The maximum Gasteiger partial charge on any atom is 0.241 e. The molecule has 2 rings (SSSR count). The summed E-state index contributed by atoms with van der Waals surface area (Å²) in [5, 5.41) is 3.45. The maximum atomic E-state index is 12.6. The van der Waals surface area contributed by atoms with Gasteiger partial charge in [0.1, 0.15) is 6.54 Å². The highest BCUT2D eigenvalue weighted by Gasteiger charge is 2.23. The second-order valence-electron chi connectivity index (χ2n) is 6.63. The van der Waals surface area contributed by atoms with Gasteiger partial charge in [0.2, 0.25) is 15.9 Å². The first kappa shape index (κ1) is 21.3. The number of nitrogens with zero attached hydrogens (tertiary/aromatic N) is 1. The molecule has 2 aromatic carbocycles. The minimum atomic E-state index is -3.62. The molecule has 1 atom stereocenters. The van der Waals surface area contributed by atoms with E-state index in [1.54, 1.807) is 24.3 Å². The molecule has 0 spiro atoms. The lowest BCUT2D eigenvalue weighted by molar-refractivity contribution is -0.120. The van der Waals surface area contributed by atoms with Crippen LogP contribution < -0.4 is 9.62 Å². The first-order chi connectivity index (χ1) is 12.6. The standard InChI is InChI=1S/C20H25ClN2O3S/c1-5-19(18-11-6-14(2)12-15(18)3)22-20(24)13-23(27(4,25)26)17-9-7-16(21)8-10-17/h6-12,19H,5,13H2,1-4H3,(H,22,24)/t19-/m1/s1. The van der Waals surface area contributed by atoms with Crippen LogP contribution >= 0.6 is 11.6 Å². The Labute approximate surface area is 166 Å². The molecule has 0 saturated carbocycles.